The van der Waals surface area contributed by atoms with Crippen LogP contribution in [0.4, 0.5) is 5.69 Å². The largest absolute Gasteiger partial charge is 0.496 e. The van der Waals surface area contributed by atoms with Gasteiger partial charge in [0.25, 0.3) is 11.1 Å². The van der Waals surface area contributed by atoms with Crippen molar-refractivity contribution >= 4 is 17.4 Å². The molecule has 0 saturated heterocycles. The van der Waals surface area contributed by atoms with Crippen molar-refractivity contribution in [3.8, 4) is 23.0 Å². The van der Waals surface area contributed by atoms with E-state index in [2.05, 4.69) is 10.2 Å². The van der Waals surface area contributed by atoms with Crippen LogP contribution < -0.4 is 9.47 Å². The summed E-state index contributed by atoms with van der Waals surface area (Å²) < 4.78 is 16.4. The summed E-state index contributed by atoms with van der Waals surface area (Å²) in [4.78, 5) is 10.5. The van der Waals surface area contributed by atoms with E-state index in [0.717, 1.165) is 0 Å². The third-order valence-corrected chi connectivity index (χ3v) is 4.15. The van der Waals surface area contributed by atoms with Gasteiger partial charge in [0, 0.05) is 11.8 Å². The third-order valence-electron chi connectivity index (χ3n) is 3.37. The van der Waals surface area contributed by atoms with Gasteiger partial charge in [-0.15, -0.1) is 10.2 Å². The number of aromatic nitrogens is 2. The highest BCUT2D eigenvalue weighted by atomic mass is 32.2. The molecule has 8 nitrogen and oxygen atoms in total. The number of ether oxygens (including phenoxy) is 2. The normalized spacial score (nSPS) is 10.5. The van der Waals surface area contributed by atoms with Crippen molar-refractivity contribution < 1.29 is 18.8 Å². The maximum atomic E-state index is 10.9. The van der Waals surface area contributed by atoms with Gasteiger partial charge in [0.2, 0.25) is 0 Å². The molecule has 0 amide bonds. The smallest absolute Gasteiger partial charge is 0.310 e. The number of benzene rings is 2. The average molecular weight is 373 g/mol. The number of thioether (sulfide) groups is 1. The molecule has 0 unspecified atom stereocenters. The second-order valence-corrected chi connectivity index (χ2v) is 6.04. The van der Waals surface area contributed by atoms with Gasteiger partial charge in [0.15, 0.2) is 5.75 Å². The van der Waals surface area contributed by atoms with Gasteiger partial charge in [-0.2, -0.15) is 0 Å². The molecule has 1 heterocycles. The summed E-state index contributed by atoms with van der Waals surface area (Å²) in [5.41, 5.74) is 0.652. The lowest BCUT2D eigenvalue weighted by Crippen LogP contribution is -2.02. The SMILES string of the molecule is COc1ccccc1-c1nnc(SCCOc2ccccc2[N+](=O)[O-])o1. The highest BCUT2D eigenvalue weighted by Gasteiger charge is 2.15. The van der Waals surface area contributed by atoms with Crippen LogP contribution in [0, 0.1) is 10.1 Å². The van der Waals surface area contributed by atoms with Crippen molar-refractivity contribution in [1.29, 1.82) is 0 Å². The Morgan fingerprint density at radius 3 is 2.62 bits per heavy atom. The Morgan fingerprint density at radius 2 is 1.85 bits per heavy atom. The Balaban J connectivity index is 1.57. The highest BCUT2D eigenvalue weighted by Crippen LogP contribution is 2.30. The summed E-state index contributed by atoms with van der Waals surface area (Å²) in [5, 5.41) is 19.3. The van der Waals surface area contributed by atoms with Gasteiger partial charge in [-0.25, -0.2) is 0 Å². The van der Waals surface area contributed by atoms with Crippen LogP contribution in [0.3, 0.4) is 0 Å². The third kappa shape index (κ3) is 4.12. The molecule has 0 aliphatic heterocycles. The van der Waals surface area contributed by atoms with E-state index in [1.807, 2.05) is 24.3 Å². The molecule has 0 fully saturated rings. The van der Waals surface area contributed by atoms with Gasteiger partial charge in [-0.1, -0.05) is 36.0 Å². The quantitative estimate of drug-likeness (QED) is 0.254. The van der Waals surface area contributed by atoms with E-state index in [9.17, 15) is 10.1 Å². The molecule has 26 heavy (non-hydrogen) atoms. The van der Waals surface area contributed by atoms with Crippen LogP contribution in [-0.2, 0) is 0 Å². The van der Waals surface area contributed by atoms with E-state index in [1.165, 1.54) is 17.8 Å². The Bertz CT molecular complexity index is 899. The molecule has 3 aromatic rings. The van der Waals surface area contributed by atoms with Crippen LogP contribution in [0.25, 0.3) is 11.5 Å². The molecule has 0 bridgehead atoms. The van der Waals surface area contributed by atoms with Crippen molar-refractivity contribution in [1.82, 2.24) is 10.2 Å². The predicted molar refractivity (Wildman–Crippen MR) is 95.6 cm³/mol. The summed E-state index contributed by atoms with van der Waals surface area (Å²) >= 11 is 1.31. The van der Waals surface area contributed by atoms with Gasteiger partial charge in [-0.3, -0.25) is 10.1 Å². The van der Waals surface area contributed by atoms with Gasteiger partial charge in [0.1, 0.15) is 5.75 Å². The number of para-hydroxylation sites is 3. The maximum absolute atomic E-state index is 10.9. The van der Waals surface area contributed by atoms with E-state index >= 15 is 0 Å². The van der Waals surface area contributed by atoms with Gasteiger partial charge < -0.3 is 13.9 Å². The Labute approximate surface area is 153 Å². The maximum Gasteiger partial charge on any atom is 0.310 e. The molecular formula is C17H15N3O5S. The van der Waals surface area contributed by atoms with Crippen LogP contribution in [0.5, 0.6) is 11.5 Å². The van der Waals surface area contributed by atoms with Gasteiger partial charge in [-0.05, 0) is 18.2 Å². The molecule has 0 aliphatic rings. The monoisotopic (exact) mass is 373 g/mol. The predicted octanol–water partition coefficient (Wildman–Crippen LogP) is 3.82. The van der Waals surface area contributed by atoms with E-state index in [-0.39, 0.29) is 18.0 Å². The van der Waals surface area contributed by atoms with Crippen LogP contribution in [0.1, 0.15) is 0 Å². The lowest BCUT2D eigenvalue weighted by atomic mass is 10.2. The molecule has 134 valence electrons. The lowest BCUT2D eigenvalue weighted by molar-refractivity contribution is -0.385. The first-order valence-electron chi connectivity index (χ1n) is 7.65. The number of hydrogen-bond donors (Lipinski definition) is 0. The molecule has 9 heteroatoms. The molecule has 0 radical (unpaired) electrons. The summed E-state index contributed by atoms with van der Waals surface area (Å²) in [6.45, 7) is 0.266. The van der Waals surface area contributed by atoms with Crippen molar-refractivity contribution in [3.63, 3.8) is 0 Å². The fourth-order valence-corrected chi connectivity index (χ4v) is 2.79. The number of nitro groups is 1. The Hall–Kier alpha value is -3.07. The topological polar surface area (TPSA) is 101 Å². The zero-order chi connectivity index (χ0) is 18.4. The molecule has 2 aromatic carbocycles. The molecular weight excluding hydrogens is 358 g/mol. The van der Waals surface area contributed by atoms with Crippen LogP contribution in [0.15, 0.2) is 58.2 Å². The zero-order valence-corrected chi connectivity index (χ0v) is 14.6. The Morgan fingerprint density at radius 1 is 1.12 bits per heavy atom. The summed E-state index contributed by atoms with van der Waals surface area (Å²) in [5.74, 6) is 1.75. The molecule has 0 spiro atoms. The second-order valence-electron chi connectivity index (χ2n) is 5.00. The molecule has 3 rings (SSSR count). The molecule has 1 aromatic heterocycles. The fraction of sp³-hybridized carbons (Fsp3) is 0.176. The fourth-order valence-electron chi connectivity index (χ4n) is 2.21. The van der Waals surface area contributed by atoms with E-state index < -0.39 is 4.92 Å². The Kier molecular flexibility index (Phi) is 5.69. The zero-order valence-electron chi connectivity index (χ0n) is 13.8. The summed E-state index contributed by atoms with van der Waals surface area (Å²) in [6.07, 6.45) is 0. The van der Waals surface area contributed by atoms with Gasteiger partial charge >= 0.3 is 5.69 Å². The molecule has 0 saturated carbocycles. The lowest BCUT2D eigenvalue weighted by Gasteiger charge is -2.05. The number of methoxy groups -OCH3 is 1. The van der Waals surface area contributed by atoms with Crippen LogP contribution >= 0.6 is 11.8 Å². The average Bonchev–Trinajstić information content (AvgIpc) is 3.14. The molecule has 0 atom stereocenters. The minimum Gasteiger partial charge on any atom is -0.496 e. The van der Waals surface area contributed by atoms with Crippen molar-refractivity contribution in [2.75, 3.05) is 19.5 Å². The van der Waals surface area contributed by atoms with E-state index in [4.69, 9.17) is 13.9 Å². The number of nitro benzene ring substituents is 1. The number of nitrogens with zero attached hydrogens (tertiary/aromatic N) is 3. The standard InChI is InChI=1S/C17H15N3O5S/c1-23-14-8-4-2-6-12(14)16-18-19-17(25-16)26-11-10-24-15-9-5-3-7-13(15)20(21)22/h2-9H,10-11H2,1H3. The van der Waals surface area contributed by atoms with Crippen molar-refractivity contribution in [2.45, 2.75) is 5.22 Å². The summed E-state index contributed by atoms with van der Waals surface area (Å²) in [7, 11) is 1.57. The van der Waals surface area contributed by atoms with E-state index in [1.54, 1.807) is 25.3 Å². The molecule has 0 N–H and O–H groups in total. The molecule has 0 aliphatic carbocycles. The van der Waals surface area contributed by atoms with Gasteiger partial charge in [0.05, 0.1) is 24.2 Å². The van der Waals surface area contributed by atoms with Crippen molar-refractivity contribution in [2.24, 2.45) is 0 Å². The number of rotatable bonds is 8. The first-order chi connectivity index (χ1) is 12.7. The minimum atomic E-state index is -0.472. The van der Waals surface area contributed by atoms with Crippen molar-refractivity contribution in [3.05, 3.63) is 58.6 Å². The number of hydrogen-bond acceptors (Lipinski definition) is 8. The van der Waals surface area contributed by atoms with Crippen LogP contribution in [-0.4, -0.2) is 34.6 Å². The first kappa shape index (κ1) is 17.7. The minimum absolute atomic E-state index is 0.0613. The summed E-state index contributed by atoms with van der Waals surface area (Å²) in [6, 6.07) is 13.6. The second kappa shape index (κ2) is 8.34. The first-order valence-corrected chi connectivity index (χ1v) is 8.63. The highest BCUT2D eigenvalue weighted by molar-refractivity contribution is 7.99. The van der Waals surface area contributed by atoms with E-state index in [0.29, 0.717) is 28.2 Å². The van der Waals surface area contributed by atoms with Crippen LogP contribution in [0.2, 0.25) is 0 Å².